The number of thiocarbonyl (C=S) groups is 1. The molecule has 0 saturated carbocycles. The standard InChI is InChI=1S/C14H22N2O2S2/c1-4-9-16(11(2)3)20(17,18)10-12-5-7-13(8-6-12)14(15)19/h5-8,11H,4,9-10H2,1-3H3,(H2,15,19). The highest BCUT2D eigenvalue weighted by atomic mass is 32.2. The third-order valence-corrected chi connectivity index (χ3v) is 5.22. The average molecular weight is 314 g/mol. The monoisotopic (exact) mass is 314 g/mol. The van der Waals surface area contributed by atoms with Crippen LogP contribution in [0.4, 0.5) is 0 Å². The van der Waals surface area contributed by atoms with Crippen molar-refractivity contribution in [2.24, 2.45) is 5.73 Å². The summed E-state index contributed by atoms with van der Waals surface area (Å²) in [5.41, 5.74) is 7.01. The normalized spacial score (nSPS) is 12.1. The zero-order valence-electron chi connectivity index (χ0n) is 12.2. The van der Waals surface area contributed by atoms with Gasteiger partial charge in [0, 0.05) is 18.2 Å². The Morgan fingerprint density at radius 3 is 2.25 bits per heavy atom. The molecule has 0 amide bonds. The van der Waals surface area contributed by atoms with Gasteiger partial charge in [0.05, 0.1) is 5.75 Å². The maximum atomic E-state index is 12.4. The summed E-state index contributed by atoms with van der Waals surface area (Å²) in [6.07, 6.45) is 0.803. The Bertz CT molecular complexity index is 551. The third-order valence-electron chi connectivity index (χ3n) is 2.96. The minimum atomic E-state index is -3.30. The summed E-state index contributed by atoms with van der Waals surface area (Å²) in [6.45, 7) is 6.30. The topological polar surface area (TPSA) is 63.4 Å². The minimum absolute atomic E-state index is 0.00277. The highest BCUT2D eigenvalue weighted by Gasteiger charge is 2.24. The van der Waals surface area contributed by atoms with Gasteiger partial charge in [0.25, 0.3) is 0 Å². The van der Waals surface area contributed by atoms with Crippen LogP contribution in [-0.2, 0) is 15.8 Å². The smallest absolute Gasteiger partial charge is 0.218 e. The molecule has 0 aliphatic carbocycles. The predicted molar refractivity (Wildman–Crippen MR) is 87.1 cm³/mol. The van der Waals surface area contributed by atoms with Crippen LogP contribution in [0, 0.1) is 0 Å². The van der Waals surface area contributed by atoms with Crippen molar-refractivity contribution in [3.8, 4) is 0 Å². The van der Waals surface area contributed by atoms with Crippen LogP contribution in [-0.4, -0.2) is 30.3 Å². The number of sulfonamides is 1. The van der Waals surface area contributed by atoms with E-state index in [4.69, 9.17) is 18.0 Å². The Morgan fingerprint density at radius 2 is 1.85 bits per heavy atom. The van der Waals surface area contributed by atoms with Crippen LogP contribution < -0.4 is 5.73 Å². The van der Waals surface area contributed by atoms with E-state index in [2.05, 4.69) is 0 Å². The van der Waals surface area contributed by atoms with Gasteiger partial charge in [-0.2, -0.15) is 4.31 Å². The summed E-state index contributed by atoms with van der Waals surface area (Å²) in [4.78, 5) is 0.314. The Kier molecular flexibility index (Phi) is 6.10. The molecule has 0 aliphatic heterocycles. The predicted octanol–water partition coefficient (Wildman–Crippen LogP) is 2.27. The maximum Gasteiger partial charge on any atom is 0.218 e. The molecule has 0 spiro atoms. The Morgan fingerprint density at radius 1 is 1.30 bits per heavy atom. The fraction of sp³-hybridized carbons (Fsp3) is 0.500. The van der Waals surface area contributed by atoms with Crippen LogP contribution in [0.5, 0.6) is 0 Å². The van der Waals surface area contributed by atoms with Crippen LogP contribution in [0.15, 0.2) is 24.3 Å². The third kappa shape index (κ3) is 4.54. The first-order chi connectivity index (χ1) is 9.27. The van der Waals surface area contributed by atoms with E-state index >= 15 is 0 Å². The SMILES string of the molecule is CCCN(C(C)C)S(=O)(=O)Cc1ccc(C(N)=S)cc1. The van der Waals surface area contributed by atoms with Gasteiger partial charge in [-0.25, -0.2) is 8.42 Å². The molecule has 112 valence electrons. The lowest BCUT2D eigenvalue weighted by molar-refractivity contribution is 0.353. The van der Waals surface area contributed by atoms with Crippen molar-refractivity contribution in [3.05, 3.63) is 35.4 Å². The van der Waals surface area contributed by atoms with Crippen molar-refractivity contribution < 1.29 is 8.42 Å². The molecule has 0 saturated heterocycles. The van der Waals surface area contributed by atoms with Gasteiger partial charge in [-0.15, -0.1) is 0 Å². The largest absolute Gasteiger partial charge is 0.389 e. The number of rotatable bonds is 7. The lowest BCUT2D eigenvalue weighted by Crippen LogP contribution is -2.38. The number of hydrogen-bond acceptors (Lipinski definition) is 3. The molecule has 0 radical (unpaired) electrons. The molecule has 1 aromatic carbocycles. The second-order valence-electron chi connectivity index (χ2n) is 5.02. The van der Waals surface area contributed by atoms with Crippen LogP contribution in [0.1, 0.15) is 38.3 Å². The van der Waals surface area contributed by atoms with E-state index in [1.165, 1.54) is 0 Å². The Labute approximate surface area is 127 Å². The number of benzene rings is 1. The molecule has 1 rings (SSSR count). The first-order valence-electron chi connectivity index (χ1n) is 6.66. The average Bonchev–Trinajstić information content (AvgIpc) is 2.35. The van der Waals surface area contributed by atoms with Crippen molar-refractivity contribution in [3.63, 3.8) is 0 Å². The van der Waals surface area contributed by atoms with Crippen molar-refractivity contribution in [1.29, 1.82) is 0 Å². The fourth-order valence-corrected chi connectivity index (χ4v) is 4.02. The zero-order valence-corrected chi connectivity index (χ0v) is 13.8. The molecule has 1 aromatic rings. The molecule has 0 bridgehead atoms. The van der Waals surface area contributed by atoms with Crippen molar-refractivity contribution in [2.45, 2.75) is 39.0 Å². The summed E-state index contributed by atoms with van der Waals surface area (Å²) in [7, 11) is -3.30. The van der Waals surface area contributed by atoms with E-state index in [0.717, 1.165) is 17.5 Å². The molecule has 0 heterocycles. The van der Waals surface area contributed by atoms with Crippen LogP contribution in [0.3, 0.4) is 0 Å². The summed E-state index contributed by atoms with van der Waals surface area (Å²) >= 11 is 4.88. The van der Waals surface area contributed by atoms with Gasteiger partial charge >= 0.3 is 0 Å². The lowest BCUT2D eigenvalue weighted by Gasteiger charge is -2.25. The first kappa shape index (κ1) is 17.1. The number of nitrogens with two attached hydrogens (primary N) is 1. The van der Waals surface area contributed by atoms with Gasteiger partial charge < -0.3 is 5.73 Å². The van der Waals surface area contributed by atoms with Gasteiger partial charge in [0.15, 0.2) is 0 Å². The van der Waals surface area contributed by atoms with Crippen molar-refractivity contribution in [1.82, 2.24) is 4.31 Å². The highest BCUT2D eigenvalue weighted by Crippen LogP contribution is 2.15. The van der Waals surface area contributed by atoms with Crippen molar-refractivity contribution >= 4 is 27.2 Å². The summed E-state index contributed by atoms with van der Waals surface area (Å²) in [5.74, 6) is 0.00277. The Balaban J connectivity index is 2.92. The molecule has 6 heteroatoms. The molecule has 0 aromatic heterocycles. The van der Waals surface area contributed by atoms with Gasteiger partial charge in [-0.1, -0.05) is 43.4 Å². The second kappa shape index (κ2) is 7.15. The quantitative estimate of drug-likeness (QED) is 0.784. The van der Waals surface area contributed by atoms with Crippen LogP contribution in [0.25, 0.3) is 0 Å². The van der Waals surface area contributed by atoms with Gasteiger partial charge in [0.1, 0.15) is 4.99 Å². The molecule has 0 aliphatic rings. The summed E-state index contributed by atoms with van der Waals surface area (Å²) in [6, 6.07) is 7.00. The van der Waals surface area contributed by atoms with E-state index < -0.39 is 10.0 Å². The first-order valence-corrected chi connectivity index (χ1v) is 8.68. The Hall–Kier alpha value is -0.980. The highest BCUT2D eigenvalue weighted by molar-refractivity contribution is 7.88. The number of nitrogens with zero attached hydrogens (tertiary/aromatic N) is 1. The second-order valence-corrected chi connectivity index (χ2v) is 7.38. The summed E-state index contributed by atoms with van der Waals surface area (Å²) in [5, 5.41) is 0. The van der Waals surface area contributed by atoms with Gasteiger partial charge in [-0.05, 0) is 25.8 Å². The van der Waals surface area contributed by atoms with Crippen LogP contribution in [0.2, 0.25) is 0 Å². The molecule has 20 heavy (non-hydrogen) atoms. The van der Waals surface area contributed by atoms with Crippen LogP contribution >= 0.6 is 12.2 Å². The molecular weight excluding hydrogens is 292 g/mol. The molecule has 4 nitrogen and oxygen atoms in total. The molecule has 0 fully saturated rings. The molecule has 0 unspecified atom stereocenters. The number of hydrogen-bond donors (Lipinski definition) is 1. The zero-order chi connectivity index (χ0) is 15.3. The van der Waals surface area contributed by atoms with E-state index in [1.54, 1.807) is 28.6 Å². The van der Waals surface area contributed by atoms with Gasteiger partial charge in [-0.3, -0.25) is 0 Å². The van der Waals surface area contributed by atoms with E-state index in [-0.39, 0.29) is 11.8 Å². The van der Waals surface area contributed by atoms with Gasteiger partial charge in [0.2, 0.25) is 10.0 Å². The fourth-order valence-electron chi connectivity index (χ4n) is 2.00. The summed E-state index contributed by atoms with van der Waals surface area (Å²) < 4.78 is 26.4. The molecular formula is C14H22N2O2S2. The molecule has 0 atom stereocenters. The van der Waals surface area contributed by atoms with E-state index in [9.17, 15) is 8.42 Å². The lowest BCUT2D eigenvalue weighted by atomic mass is 10.1. The molecule has 2 N–H and O–H groups in total. The van der Waals surface area contributed by atoms with E-state index in [1.807, 2.05) is 20.8 Å². The minimum Gasteiger partial charge on any atom is -0.389 e. The van der Waals surface area contributed by atoms with Crippen molar-refractivity contribution in [2.75, 3.05) is 6.54 Å². The maximum absolute atomic E-state index is 12.4. The van der Waals surface area contributed by atoms with E-state index in [0.29, 0.717) is 11.5 Å².